The molecule has 0 aromatic heterocycles. The van der Waals surface area contributed by atoms with Crippen molar-refractivity contribution in [1.29, 1.82) is 5.26 Å². The lowest BCUT2D eigenvalue weighted by Gasteiger charge is -2.34. The number of benzene rings is 1. The van der Waals surface area contributed by atoms with Crippen LogP contribution < -0.4 is 10.6 Å². The Morgan fingerprint density at radius 3 is 2.50 bits per heavy atom. The Kier molecular flexibility index (Phi) is 4.56. The Morgan fingerprint density at radius 1 is 1.35 bits per heavy atom. The predicted octanol–water partition coefficient (Wildman–Crippen LogP) is 2.79. The fourth-order valence-electron chi connectivity index (χ4n) is 3.17. The minimum Gasteiger partial charge on any atom is -0.364 e. The van der Waals surface area contributed by atoms with Crippen molar-refractivity contribution in [2.75, 3.05) is 18.0 Å². The highest BCUT2D eigenvalue weighted by atomic mass is 19.1. The number of hydrogen-bond acceptors (Lipinski definition) is 3. The van der Waals surface area contributed by atoms with Crippen LogP contribution in [0.4, 0.5) is 14.5 Å². The molecule has 2 unspecified atom stereocenters. The molecule has 0 spiro atoms. The van der Waals surface area contributed by atoms with Crippen molar-refractivity contribution < 1.29 is 8.78 Å². The zero-order valence-corrected chi connectivity index (χ0v) is 11.6. The van der Waals surface area contributed by atoms with E-state index < -0.39 is 11.6 Å². The second kappa shape index (κ2) is 6.19. The van der Waals surface area contributed by atoms with Crippen LogP contribution in [0.3, 0.4) is 0 Å². The molecule has 0 amide bonds. The summed E-state index contributed by atoms with van der Waals surface area (Å²) in [6.45, 7) is 2.92. The van der Waals surface area contributed by atoms with Crippen molar-refractivity contribution in [2.45, 2.75) is 32.2 Å². The van der Waals surface area contributed by atoms with Gasteiger partial charge >= 0.3 is 0 Å². The van der Waals surface area contributed by atoms with Crippen LogP contribution in [0, 0.1) is 28.9 Å². The van der Waals surface area contributed by atoms with Crippen LogP contribution in [0.5, 0.6) is 0 Å². The monoisotopic (exact) mass is 279 g/mol. The molecule has 2 N–H and O–H groups in total. The Labute approximate surface area is 118 Å². The van der Waals surface area contributed by atoms with Crippen LogP contribution in [-0.2, 0) is 0 Å². The first-order valence-corrected chi connectivity index (χ1v) is 6.98. The second-order valence-electron chi connectivity index (χ2n) is 5.18. The third kappa shape index (κ3) is 2.61. The van der Waals surface area contributed by atoms with Gasteiger partial charge in [-0.3, -0.25) is 0 Å². The Morgan fingerprint density at radius 2 is 2.00 bits per heavy atom. The molecule has 0 bridgehead atoms. The van der Waals surface area contributed by atoms with Gasteiger partial charge in [0.25, 0.3) is 0 Å². The molecule has 1 saturated carbocycles. The molecular formula is C15H19F2N3. The van der Waals surface area contributed by atoms with Crippen molar-refractivity contribution in [2.24, 2.45) is 11.7 Å². The predicted molar refractivity (Wildman–Crippen MR) is 74.3 cm³/mol. The molecule has 2 rings (SSSR count). The highest BCUT2D eigenvalue weighted by Crippen LogP contribution is 2.35. The summed E-state index contributed by atoms with van der Waals surface area (Å²) in [5, 5.41) is 8.75. The molecule has 3 nitrogen and oxygen atoms in total. The van der Waals surface area contributed by atoms with Crippen LogP contribution in [0.2, 0.25) is 0 Å². The fraction of sp³-hybridized carbons (Fsp3) is 0.533. The van der Waals surface area contributed by atoms with E-state index in [2.05, 4.69) is 0 Å². The van der Waals surface area contributed by atoms with E-state index in [1.165, 1.54) is 0 Å². The minimum absolute atomic E-state index is 0.00148. The molecule has 1 aliphatic rings. The summed E-state index contributed by atoms with van der Waals surface area (Å²) in [4.78, 5) is 1.76. The summed E-state index contributed by atoms with van der Waals surface area (Å²) in [6, 6.07) is 4.02. The number of nitriles is 1. The van der Waals surface area contributed by atoms with Gasteiger partial charge in [-0.1, -0.05) is 6.42 Å². The van der Waals surface area contributed by atoms with E-state index in [9.17, 15) is 8.78 Å². The van der Waals surface area contributed by atoms with E-state index in [0.29, 0.717) is 13.1 Å². The maximum Gasteiger partial charge on any atom is 0.150 e. The van der Waals surface area contributed by atoms with E-state index in [-0.39, 0.29) is 23.2 Å². The van der Waals surface area contributed by atoms with Crippen LogP contribution >= 0.6 is 0 Å². The SMILES string of the molecule is CCN(c1c(F)cc(C#N)cc1F)C1CCCC1CN. The summed E-state index contributed by atoms with van der Waals surface area (Å²) >= 11 is 0. The zero-order valence-electron chi connectivity index (χ0n) is 11.6. The summed E-state index contributed by atoms with van der Waals surface area (Å²) in [5.41, 5.74) is 5.73. The number of halogens is 2. The summed E-state index contributed by atoms with van der Waals surface area (Å²) in [5.74, 6) is -1.08. The average molecular weight is 279 g/mol. The van der Waals surface area contributed by atoms with Crippen molar-refractivity contribution in [1.82, 2.24) is 0 Å². The third-order valence-corrected chi connectivity index (χ3v) is 4.10. The number of hydrogen-bond donors (Lipinski definition) is 1. The first-order valence-electron chi connectivity index (χ1n) is 6.98. The van der Waals surface area contributed by atoms with E-state index in [4.69, 9.17) is 11.0 Å². The standard InChI is InChI=1S/C15H19F2N3/c1-2-20(14-5-3-4-11(14)9-19)15-12(16)6-10(8-18)7-13(15)17/h6-7,11,14H,2-5,9,19H2,1H3. The molecule has 5 heteroatoms. The lowest BCUT2D eigenvalue weighted by molar-refractivity contribution is 0.448. The molecule has 0 radical (unpaired) electrons. The zero-order chi connectivity index (χ0) is 14.7. The van der Waals surface area contributed by atoms with E-state index >= 15 is 0 Å². The number of nitrogens with two attached hydrogens (primary N) is 1. The van der Waals surface area contributed by atoms with Crippen LogP contribution in [0.15, 0.2) is 12.1 Å². The Balaban J connectivity index is 2.40. The first kappa shape index (κ1) is 14.7. The molecule has 1 aromatic rings. The van der Waals surface area contributed by atoms with Crippen LogP contribution in [0.25, 0.3) is 0 Å². The number of rotatable bonds is 4. The van der Waals surface area contributed by atoms with Crippen molar-refractivity contribution in [3.63, 3.8) is 0 Å². The quantitative estimate of drug-likeness (QED) is 0.922. The molecule has 2 atom stereocenters. The highest BCUT2D eigenvalue weighted by Gasteiger charge is 2.33. The maximum atomic E-state index is 14.2. The molecule has 1 aliphatic carbocycles. The lowest BCUT2D eigenvalue weighted by Crippen LogP contribution is -2.41. The molecule has 1 aromatic carbocycles. The topological polar surface area (TPSA) is 53.0 Å². The van der Waals surface area contributed by atoms with Gasteiger partial charge in [0.2, 0.25) is 0 Å². The summed E-state index contributed by atoms with van der Waals surface area (Å²) in [7, 11) is 0. The second-order valence-corrected chi connectivity index (χ2v) is 5.18. The molecular weight excluding hydrogens is 260 g/mol. The molecule has 0 heterocycles. The molecule has 108 valence electrons. The number of anilines is 1. The summed E-state index contributed by atoms with van der Waals surface area (Å²) < 4.78 is 28.3. The maximum absolute atomic E-state index is 14.2. The molecule has 0 aliphatic heterocycles. The smallest absolute Gasteiger partial charge is 0.150 e. The van der Waals surface area contributed by atoms with Crippen LogP contribution in [-0.4, -0.2) is 19.1 Å². The Hall–Kier alpha value is -1.67. The van der Waals surface area contributed by atoms with Gasteiger partial charge in [-0.15, -0.1) is 0 Å². The normalized spacial score (nSPS) is 21.8. The van der Waals surface area contributed by atoms with Crippen molar-refractivity contribution in [3.8, 4) is 6.07 Å². The lowest BCUT2D eigenvalue weighted by atomic mass is 10.0. The van der Waals surface area contributed by atoms with Gasteiger partial charge in [0, 0.05) is 12.6 Å². The van der Waals surface area contributed by atoms with Crippen LogP contribution in [0.1, 0.15) is 31.7 Å². The summed E-state index contributed by atoms with van der Waals surface area (Å²) in [6.07, 6.45) is 2.92. The van der Waals surface area contributed by atoms with Gasteiger partial charge in [-0.2, -0.15) is 5.26 Å². The van der Waals surface area contributed by atoms with Crippen molar-refractivity contribution in [3.05, 3.63) is 29.3 Å². The van der Waals surface area contributed by atoms with Gasteiger partial charge in [0.1, 0.15) is 5.69 Å². The van der Waals surface area contributed by atoms with E-state index in [1.807, 2.05) is 6.92 Å². The van der Waals surface area contributed by atoms with Gasteiger partial charge in [-0.25, -0.2) is 8.78 Å². The average Bonchev–Trinajstić information content (AvgIpc) is 2.90. The highest BCUT2D eigenvalue weighted by molar-refractivity contribution is 5.53. The van der Waals surface area contributed by atoms with Gasteiger partial charge in [0.05, 0.1) is 11.6 Å². The van der Waals surface area contributed by atoms with Gasteiger partial charge in [0.15, 0.2) is 11.6 Å². The molecule has 0 saturated heterocycles. The Bertz CT molecular complexity index is 501. The van der Waals surface area contributed by atoms with E-state index in [1.54, 1.807) is 11.0 Å². The minimum atomic E-state index is -0.675. The molecule has 20 heavy (non-hydrogen) atoms. The van der Waals surface area contributed by atoms with Gasteiger partial charge < -0.3 is 10.6 Å². The van der Waals surface area contributed by atoms with Crippen molar-refractivity contribution >= 4 is 5.69 Å². The van der Waals surface area contributed by atoms with Gasteiger partial charge in [-0.05, 0) is 44.4 Å². The fourth-order valence-corrected chi connectivity index (χ4v) is 3.17. The third-order valence-electron chi connectivity index (χ3n) is 4.10. The first-order chi connectivity index (χ1) is 9.62. The number of nitrogens with zero attached hydrogens (tertiary/aromatic N) is 2. The largest absolute Gasteiger partial charge is 0.364 e. The van der Waals surface area contributed by atoms with E-state index in [0.717, 1.165) is 31.4 Å². The molecule has 1 fully saturated rings.